The average Bonchev–Trinajstić information content (AvgIpc) is 3.10. The summed E-state index contributed by atoms with van der Waals surface area (Å²) in [6.07, 6.45) is 10.9. The monoisotopic (exact) mass is 715 g/mol. The molecule has 0 aromatic heterocycles. The van der Waals surface area contributed by atoms with Gasteiger partial charge in [0.15, 0.2) is 11.9 Å². The Labute approximate surface area is 302 Å². The van der Waals surface area contributed by atoms with Crippen molar-refractivity contribution >= 4 is 29.6 Å². The van der Waals surface area contributed by atoms with E-state index in [1.54, 1.807) is 37.3 Å². The Morgan fingerprint density at radius 1 is 0.941 bits per heavy atom. The molecule has 12 nitrogen and oxygen atoms in total. The van der Waals surface area contributed by atoms with E-state index < -0.39 is 54.1 Å². The van der Waals surface area contributed by atoms with Crippen LogP contribution in [0.4, 0.5) is 0 Å². The van der Waals surface area contributed by atoms with Crippen LogP contribution in [0.2, 0.25) is 0 Å². The molecular formula is C39H57NO11. The van der Waals surface area contributed by atoms with Gasteiger partial charge in [-0.3, -0.25) is 14.4 Å². The van der Waals surface area contributed by atoms with Crippen molar-refractivity contribution < 1.29 is 53.1 Å². The van der Waals surface area contributed by atoms with Gasteiger partial charge in [0, 0.05) is 26.4 Å². The first-order chi connectivity index (χ1) is 24.4. The van der Waals surface area contributed by atoms with E-state index in [0.29, 0.717) is 37.0 Å². The summed E-state index contributed by atoms with van der Waals surface area (Å²) in [5, 5.41) is 24.0. The maximum absolute atomic E-state index is 13.7. The molecule has 0 saturated carbocycles. The number of nitrogens with one attached hydrogen (secondary N) is 1. The highest BCUT2D eigenvalue weighted by Crippen LogP contribution is 2.27. The molecule has 0 aliphatic carbocycles. The number of Topliss-reactive ketones (excluding diaryl/α,β-unsaturated/α-hetero) is 1. The van der Waals surface area contributed by atoms with E-state index >= 15 is 0 Å². The molecule has 1 amide bonds. The van der Waals surface area contributed by atoms with Crippen molar-refractivity contribution in [1.29, 1.82) is 0 Å². The lowest BCUT2D eigenvalue weighted by Gasteiger charge is -2.30. The van der Waals surface area contributed by atoms with Crippen LogP contribution in [0, 0.1) is 17.8 Å². The standard InChI is InChI=1S/C39H57NO11/c1-6-8-10-13-16-19-31(41)20-17-14-11-12-15-18-21-33(39(47,38(45)46)28-35(42)51-29(3)48-4)36(43)40-34(37(44)49-5)27-30-22-24-32(25-23-30)50-26-9-7-2/h18,21-25,29,33-34,47H,6,8,10-17,19-20,26-28H2,1-5H3,(H,40,43)(H,45,46)/b21-18+/t29?,33-,34+,39+/m1/s1. The summed E-state index contributed by atoms with van der Waals surface area (Å²) < 4.78 is 20.3. The summed E-state index contributed by atoms with van der Waals surface area (Å²) in [5.74, 6) is -0.188. The minimum Gasteiger partial charge on any atom is -0.481 e. The number of allylic oxidation sites excluding steroid dienone is 1. The van der Waals surface area contributed by atoms with Crippen LogP contribution in [-0.2, 0) is 44.6 Å². The third-order valence-corrected chi connectivity index (χ3v) is 8.33. The number of carboxylic acid groups (broad SMARTS) is 1. The van der Waals surface area contributed by atoms with E-state index in [-0.39, 0.29) is 18.8 Å². The Morgan fingerprint density at radius 3 is 2.14 bits per heavy atom. The SMILES string of the molecule is CC#CCOc1ccc(C[C@H](NC(=O)[C@@H](/C=C/CCCCCCC(=O)CCCCCCC)[C@@](O)(CC(=O)OC(C)OC)C(=O)O)C(=O)OC)cc1. The summed E-state index contributed by atoms with van der Waals surface area (Å²) in [4.78, 5) is 63.8. The Kier molecular flexibility index (Phi) is 22.6. The molecule has 0 saturated heterocycles. The smallest absolute Gasteiger partial charge is 0.337 e. The number of aliphatic hydroxyl groups is 1. The molecule has 0 spiro atoms. The van der Waals surface area contributed by atoms with Gasteiger partial charge in [-0.2, -0.15) is 0 Å². The van der Waals surface area contributed by atoms with Gasteiger partial charge in [0.25, 0.3) is 0 Å². The number of esters is 2. The second-order valence-electron chi connectivity index (χ2n) is 12.4. The van der Waals surface area contributed by atoms with Gasteiger partial charge >= 0.3 is 17.9 Å². The van der Waals surface area contributed by atoms with Gasteiger partial charge in [-0.05, 0) is 57.2 Å². The highest BCUT2D eigenvalue weighted by atomic mass is 16.7. The van der Waals surface area contributed by atoms with E-state index in [9.17, 15) is 34.2 Å². The number of ketones is 1. The predicted octanol–water partition coefficient (Wildman–Crippen LogP) is 5.47. The number of hydrogen-bond donors (Lipinski definition) is 3. The Balaban J connectivity index is 3.04. The van der Waals surface area contributed by atoms with Crippen molar-refractivity contribution in [3.63, 3.8) is 0 Å². The van der Waals surface area contributed by atoms with E-state index in [0.717, 1.165) is 45.6 Å². The van der Waals surface area contributed by atoms with Gasteiger partial charge in [-0.1, -0.05) is 75.7 Å². The predicted molar refractivity (Wildman–Crippen MR) is 192 cm³/mol. The van der Waals surface area contributed by atoms with Crippen LogP contribution in [-0.4, -0.2) is 78.6 Å². The first-order valence-corrected chi connectivity index (χ1v) is 17.8. The second kappa shape index (κ2) is 25.7. The fraction of sp³-hybridized carbons (Fsp3) is 0.615. The fourth-order valence-electron chi connectivity index (χ4n) is 5.24. The van der Waals surface area contributed by atoms with E-state index in [1.807, 2.05) is 0 Å². The number of amides is 1. The van der Waals surface area contributed by atoms with E-state index in [2.05, 4.69) is 24.1 Å². The van der Waals surface area contributed by atoms with Crippen molar-refractivity contribution in [2.24, 2.45) is 5.92 Å². The summed E-state index contributed by atoms with van der Waals surface area (Å²) in [7, 11) is 2.43. The fourth-order valence-corrected chi connectivity index (χ4v) is 5.24. The molecule has 1 rings (SSSR count). The lowest BCUT2D eigenvalue weighted by atomic mass is 9.82. The summed E-state index contributed by atoms with van der Waals surface area (Å²) in [6.45, 7) is 5.47. The maximum atomic E-state index is 13.7. The number of unbranched alkanes of at least 4 members (excludes halogenated alkanes) is 8. The lowest BCUT2D eigenvalue weighted by molar-refractivity contribution is -0.184. The van der Waals surface area contributed by atoms with Crippen LogP contribution < -0.4 is 10.1 Å². The third-order valence-electron chi connectivity index (χ3n) is 8.33. The van der Waals surface area contributed by atoms with Crippen LogP contribution in [0.15, 0.2) is 36.4 Å². The summed E-state index contributed by atoms with van der Waals surface area (Å²) in [6, 6.07) is 5.49. The molecule has 3 N–H and O–H groups in total. The van der Waals surface area contributed by atoms with Gasteiger partial charge in [0.05, 0.1) is 19.4 Å². The van der Waals surface area contributed by atoms with Crippen molar-refractivity contribution in [2.75, 3.05) is 20.8 Å². The maximum Gasteiger partial charge on any atom is 0.337 e. The number of aliphatic carboxylic acids is 1. The normalized spacial score (nSPS) is 13.9. The molecule has 0 bridgehead atoms. The first-order valence-electron chi connectivity index (χ1n) is 17.8. The number of ether oxygens (including phenoxy) is 4. The van der Waals surface area contributed by atoms with Crippen molar-refractivity contribution in [2.45, 2.75) is 129 Å². The number of methoxy groups -OCH3 is 2. The van der Waals surface area contributed by atoms with Crippen LogP contribution in [0.3, 0.4) is 0 Å². The van der Waals surface area contributed by atoms with Gasteiger partial charge in [0.1, 0.15) is 24.2 Å². The molecule has 4 atom stereocenters. The van der Waals surface area contributed by atoms with E-state index in [4.69, 9.17) is 18.9 Å². The highest BCUT2D eigenvalue weighted by Gasteiger charge is 2.49. The Hall–Kier alpha value is -4.21. The number of rotatable bonds is 27. The van der Waals surface area contributed by atoms with Gasteiger partial charge in [0.2, 0.25) is 5.91 Å². The lowest BCUT2D eigenvalue weighted by Crippen LogP contribution is -2.55. The topological polar surface area (TPSA) is 175 Å². The molecule has 0 aliphatic heterocycles. The molecule has 0 radical (unpaired) electrons. The number of benzene rings is 1. The van der Waals surface area contributed by atoms with E-state index in [1.165, 1.54) is 33.0 Å². The zero-order valence-corrected chi connectivity index (χ0v) is 30.9. The van der Waals surface area contributed by atoms with Crippen molar-refractivity contribution in [3.05, 3.63) is 42.0 Å². The first kappa shape index (κ1) is 44.8. The molecule has 12 heteroatoms. The van der Waals surface area contributed by atoms with Crippen LogP contribution in [0.25, 0.3) is 0 Å². The highest BCUT2D eigenvalue weighted by molar-refractivity contribution is 5.95. The minimum absolute atomic E-state index is 0.0237. The van der Waals surface area contributed by atoms with Gasteiger partial charge < -0.3 is 34.5 Å². The number of carboxylic acids is 1. The molecule has 0 heterocycles. The van der Waals surface area contributed by atoms with Crippen LogP contribution >= 0.6 is 0 Å². The second-order valence-corrected chi connectivity index (χ2v) is 12.4. The molecule has 1 aromatic rings. The van der Waals surface area contributed by atoms with Gasteiger partial charge in [-0.15, -0.1) is 5.92 Å². The Morgan fingerprint density at radius 2 is 1.57 bits per heavy atom. The summed E-state index contributed by atoms with van der Waals surface area (Å²) in [5.41, 5.74) is -2.30. The summed E-state index contributed by atoms with van der Waals surface area (Å²) >= 11 is 0. The zero-order valence-electron chi connectivity index (χ0n) is 30.9. The Bertz CT molecular complexity index is 1310. The number of carbonyl (C=O) groups excluding carboxylic acids is 4. The third kappa shape index (κ3) is 18.0. The van der Waals surface area contributed by atoms with Gasteiger partial charge in [-0.25, -0.2) is 9.59 Å². The molecule has 1 aromatic carbocycles. The van der Waals surface area contributed by atoms with Crippen LogP contribution in [0.5, 0.6) is 5.75 Å². The largest absolute Gasteiger partial charge is 0.481 e. The molecular weight excluding hydrogens is 658 g/mol. The quantitative estimate of drug-likeness (QED) is 0.0346. The molecule has 0 aliphatic rings. The zero-order chi connectivity index (χ0) is 38.1. The minimum atomic E-state index is -2.93. The molecule has 1 unspecified atom stereocenters. The number of carbonyl (C=O) groups is 5. The van der Waals surface area contributed by atoms with Crippen molar-refractivity contribution in [3.8, 4) is 17.6 Å². The molecule has 284 valence electrons. The number of hydrogen-bond acceptors (Lipinski definition) is 10. The molecule has 0 fully saturated rings. The van der Waals surface area contributed by atoms with Crippen LogP contribution in [0.1, 0.15) is 110 Å². The van der Waals surface area contributed by atoms with Crippen molar-refractivity contribution in [1.82, 2.24) is 5.32 Å². The molecule has 51 heavy (non-hydrogen) atoms. The average molecular weight is 716 g/mol.